The summed E-state index contributed by atoms with van der Waals surface area (Å²) in [4.78, 5) is 11.5. The summed E-state index contributed by atoms with van der Waals surface area (Å²) in [5.41, 5.74) is 2.51. The largest absolute Gasteiger partial charge is 0.494 e. The van der Waals surface area contributed by atoms with Crippen molar-refractivity contribution in [2.45, 2.75) is 64.4 Å². The van der Waals surface area contributed by atoms with E-state index in [0.717, 1.165) is 38.5 Å². The predicted octanol–water partition coefficient (Wildman–Crippen LogP) is 4.62. The van der Waals surface area contributed by atoms with E-state index in [2.05, 4.69) is 6.92 Å². The fraction of sp³-hybridized carbons (Fsp3) is 0.667. The molecule has 5 atom stereocenters. The second-order valence-electron chi connectivity index (χ2n) is 8.32. The van der Waals surface area contributed by atoms with Gasteiger partial charge in [-0.25, -0.2) is 4.39 Å². The maximum atomic E-state index is 14.3. The molecule has 3 aliphatic rings. The quantitative estimate of drug-likeness (QED) is 0.733. The third kappa shape index (κ3) is 2.56. The fourth-order valence-electron chi connectivity index (χ4n) is 6.07. The first-order valence-electron chi connectivity index (χ1n) is 9.47. The lowest BCUT2D eigenvalue weighted by molar-refractivity contribution is -0.154. The van der Waals surface area contributed by atoms with E-state index >= 15 is 0 Å². The van der Waals surface area contributed by atoms with Crippen LogP contribution >= 0.6 is 0 Å². The Hall–Kier alpha value is -1.58. The van der Waals surface area contributed by atoms with E-state index < -0.39 is 0 Å². The lowest BCUT2D eigenvalue weighted by Crippen LogP contribution is -2.45. The van der Waals surface area contributed by atoms with E-state index in [-0.39, 0.29) is 23.3 Å². The van der Waals surface area contributed by atoms with Crippen molar-refractivity contribution in [1.82, 2.24) is 0 Å². The highest BCUT2D eigenvalue weighted by atomic mass is 19.1. The minimum atomic E-state index is -0.251. The summed E-state index contributed by atoms with van der Waals surface area (Å²) >= 11 is 0. The van der Waals surface area contributed by atoms with Gasteiger partial charge in [0.15, 0.2) is 11.6 Å². The average Bonchev–Trinajstić information content (AvgIpc) is 2.90. The number of benzene rings is 1. The molecule has 0 bridgehead atoms. The van der Waals surface area contributed by atoms with Crippen LogP contribution in [0, 0.1) is 23.1 Å². The van der Waals surface area contributed by atoms with Gasteiger partial charge in [0.2, 0.25) is 0 Å². The third-order valence-corrected chi connectivity index (χ3v) is 7.22. The van der Waals surface area contributed by atoms with Crippen molar-refractivity contribution in [3.05, 3.63) is 29.1 Å². The molecule has 2 fully saturated rings. The number of aryl methyl sites for hydroxylation is 1. The van der Waals surface area contributed by atoms with Crippen molar-refractivity contribution in [3.8, 4) is 5.75 Å². The highest BCUT2D eigenvalue weighted by molar-refractivity contribution is 5.66. The molecule has 2 saturated carbocycles. The lowest BCUT2D eigenvalue weighted by Gasteiger charge is -2.50. The smallest absolute Gasteiger partial charge is 0.302 e. The molecule has 1 aromatic carbocycles. The number of esters is 1. The number of fused-ring (bicyclic) bond motifs is 5. The molecule has 4 heteroatoms. The Labute approximate surface area is 148 Å². The molecular weight excluding hydrogens is 319 g/mol. The van der Waals surface area contributed by atoms with Gasteiger partial charge in [-0.2, -0.15) is 0 Å². The molecule has 0 aromatic heterocycles. The van der Waals surface area contributed by atoms with Crippen LogP contribution in [0.2, 0.25) is 0 Å². The summed E-state index contributed by atoms with van der Waals surface area (Å²) in [6.07, 6.45) is 6.34. The first-order chi connectivity index (χ1) is 11.9. The van der Waals surface area contributed by atoms with Gasteiger partial charge in [-0.1, -0.05) is 6.92 Å². The summed E-state index contributed by atoms with van der Waals surface area (Å²) in [6, 6.07) is 3.61. The number of hydrogen-bond donors (Lipinski definition) is 0. The summed E-state index contributed by atoms with van der Waals surface area (Å²) < 4.78 is 25.1. The van der Waals surface area contributed by atoms with Crippen molar-refractivity contribution in [3.63, 3.8) is 0 Å². The molecule has 3 aliphatic carbocycles. The summed E-state index contributed by atoms with van der Waals surface area (Å²) in [6.45, 7) is 3.81. The molecule has 4 rings (SSSR count). The molecule has 0 heterocycles. The van der Waals surface area contributed by atoms with Crippen LogP contribution in [-0.2, 0) is 16.0 Å². The van der Waals surface area contributed by atoms with Crippen LogP contribution in [0.15, 0.2) is 12.1 Å². The molecule has 0 aliphatic heterocycles. The fourth-order valence-corrected chi connectivity index (χ4v) is 6.07. The van der Waals surface area contributed by atoms with Crippen LogP contribution in [0.3, 0.4) is 0 Å². The number of methoxy groups -OCH3 is 1. The van der Waals surface area contributed by atoms with Gasteiger partial charge < -0.3 is 9.47 Å². The Kier molecular flexibility index (Phi) is 4.04. The van der Waals surface area contributed by atoms with E-state index in [9.17, 15) is 9.18 Å². The number of ether oxygens (including phenoxy) is 2. The van der Waals surface area contributed by atoms with Gasteiger partial charge in [-0.3, -0.25) is 4.79 Å². The molecule has 0 unspecified atom stereocenters. The Morgan fingerprint density at radius 2 is 2.04 bits per heavy atom. The molecule has 0 spiro atoms. The average molecular weight is 346 g/mol. The third-order valence-electron chi connectivity index (χ3n) is 7.22. The van der Waals surface area contributed by atoms with Crippen LogP contribution in [0.5, 0.6) is 5.75 Å². The van der Waals surface area contributed by atoms with Crippen LogP contribution in [0.4, 0.5) is 4.39 Å². The van der Waals surface area contributed by atoms with Crippen molar-refractivity contribution < 1.29 is 18.7 Å². The standard InChI is InChI=1S/C21H27FO3/c1-12(23)25-20-7-6-17-15-5-4-13-10-19(24-3)18(22)11-16(13)14(15)8-9-21(17,20)2/h10-11,14-15,17,20H,4-9H2,1-3H3/t14-,15-,17-,20-,21-/m0/s1. The topological polar surface area (TPSA) is 35.5 Å². The minimum absolute atomic E-state index is 0.0463. The van der Waals surface area contributed by atoms with Crippen LogP contribution in [0.1, 0.15) is 63.0 Å². The van der Waals surface area contributed by atoms with Gasteiger partial charge in [0.05, 0.1) is 7.11 Å². The van der Waals surface area contributed by atoms with Crippen molar-refractivity contribution in [1.29, 1.82) is 0 Å². The highest BCUT2D eigenvalue weighted by Crippen LogP contribution is 2.61. The molecule has 0 amide bonds. The van der Waals surface area contributed by atoms with Crippen molar-refractivity contribution in [2.24, 2.45) is 17.3 Å². The lowest BCUT2D eigenvalue weighted by atomic mass is 9.55. The zero-order chi connectivity index (χ0) is 17.8. The second-order valence-corrected chi connectivity index (χ2v) is 8.32. The number of rotatable bonds is 2. The molecule has 1 aromatic rings. The molecule has 3 nitrogen and oxygen atoms in total. The molecule has 136 valence electrons. The zero-order valence-electron chi connectivity index (χ0n) is 15.3. The van der Waals surface area contributed by atoms with Crippen LogP contribution in [0.25, 0.3) is 0 Å². The Balaban J connectivity index is 1.64. The first kappa shape index (κ1) is 16.9. The number of hydrogen-bond acceptors (Lipinski definition) is 3. The van der Waals surface area contributed by atoms with Gasteiger partial charge in [-0.15, -0.1) is 0 Å². The molecule has 25 heavy (non-hydrogen) atoms. The Bertz CT molecular complexity index is 701. The normalized spacial score (nSPS) is 36.2. The van der Waals surface area contributed by atoms with Crippen molar-refractivity contribution >= 4 is 5.97 Å². The van der Waals surface area contributed by atoms with Gasteiger partial charge in [0.25, 0.3) is 0 Å². The van der Waals surface area contributed by atoms with Crippen molar-refractivity contribution in [2.75, 3.05) is 7.11 Å². The monoisotopic (exact) mass is 346 g/mol. The minimum Gasteiger partial charge on any atom is -0.494 e. The maximum absolute atomic E-state index is 14.3. The van der Waals surface area contributed by atoms with E-state index in [1.54, 1.807) is 6.07 Å². The van der Waals surface area contributed by atoms with Crippen LogP contribution in [-0.4, -0.2) is 19.2 Å². The Morgan fingerprint density at radius 3 is 2.76 bits per heavy atom. The Morgan fingerprint density at radius 1 is 1.24 bits per heavy atom. The second kappa shape index (κ2) is 6.00. The van der Waals surface area contributed by atoms with Gasteiger partial charge in [-0.05, 0) is 79.5 Å². The molecule has 0 saturated heterocycles. The zero-order valence-corrected chi connectivity index (χ0v) is 15.3. The summed E-state index contributed by atoms with van der Waals surface area (Å²) in [5.74, 6) is 1.50. The van der Waals surface area contributed by atoms with E-state index in [4.69, 9.17) is 9.47 Å². The van der Waals surface area contributed by atoms with E-state index in [1.165, 1.54) is 25.2 Å². The molecular formula is C21H27FO3. The number of carbonyl (C=O) groups excluding carboxylic acids is 1. The first-order valence-corrected chi connectivity index (χ1v) is 9.47. The predicted molar refractivity (Wildman–Crippen MR) is 93.1 cm³/mol. The van der Waals surface area contributed by atoms with Gasteiger partial charge in [0.1, 0.15) is 6.10 Å². The summed E-state index contributed by atoms with van der Waals surface area (Å²) in [5, 5.41) is 0. The maximum Gasteiger partial charge on any atom is 0.302 e. The van der Waals surface area contributed by atoms with Crippen LogP contribution < -0.4 is 4.74 Å². The molecule has 0 radical (unpaired) electrons. The highest BCUT2D eigenvalue weighted by Gasteiger charge is 2.56. The van der Waals surface area contributed by atoms with Gasteiger partial charge >= 0.3 is 5.97 Å². The number of halogens is 1. The SMILES string of the molecule is COc1cc2c(cc1F)[C@H]1CC[C@]3(C)[C@@H](OC(C)=O)CC[C@H]3[C@H]1CC2. The molecule has 0 N–H and O–H groups in total. The van der Waals surface area contributed by atoms with Gasteiger partial charge in [0, 0.05) is 12.3 Å². The van der Waals surface area contributed by atoms with E-state index in [1.807, 2.05) is 6.07 Å². The van der Waals surface area contributed by atoms with E-state index in [0.29, 0.717) is 23.5 Å². The number of carbonyl (C=O) groups is 1. The summed E-state index contributed by atoms with van der Waals surface area (Å²) in [7, 11) is 1.52.